The van der Waals surface area contributed by atoms with Gasteiger partial charge in [0.15, 0.2) is 0 Å². The van der Waals surface area contributed by atoms with Crippen LogP contribution in [0.25, 0.3) is 0 Å². The number of hydrogen-bond donors (Lipinski definition) is 2. The molecule has 1 aliphatic rings. The Morgan fingerprint density at radius 2 is 2.17 bits per heavy atom. The van der Waals surface area contributed by atoms with E-state index >= 15 is 0 Å². The second-order valence-electron chi connectivity index (χ2n) is 5.37. The van der Waals surface area contributed by atoms with Gasteiger partial charge in [0.25, 0.3) is 5.91 Å². The normalized spacial score (nSPS) is 23.7. The molecular weight excluding hydrogens is 224 g/mol. The Morgan fingerprint density at radius 1 is 1.39 bits per heavy atom. The SMILES string of the molecule is Cc1ccc(C)c(C(=O)N[C@@H]2CNCC[C@@H]2C)c1. The Hall–Kier alpha value is -1.35. The van der Waals surface area contributed by atoms with Crippen molar-refractivity contribution in [2.75, 3.05) is 13.1 Å². The maximum atomic E-state index is 12.3. The first kappa shape index (κ1) is 13.1. The Balaban J connectivity index is 2.09. The van der Waals surface area contributed by atoms with E-state index in [2.05, 4.69) is 17.6 Å². The number of piperidine rings is 1. The number of nitrogens with one attached hydrogen (secondary N) is 2. The van der Waals surface area contributed by atoms with Gasteiger partial charge < -0.3 is 10.6 Å². The molecule has 3 heteroatoms. The number of benzene rings is 1. The van der Waals surface area contributed by atoms with Crippen molar-refractivity contribution in [3.05, 3.63) is 34.9 Å². The summed E-state index contributed by atoms with van der Waals surface area (Å²) in [6, 6.07) is 6.25. The van der Waals surface area contributed by atoms with Crippen molar-refractivity contribution in [1.29, 1.82) is 0 Å². The fourth-order valence-corrected chi connectivity index (χ4v) is 2.41. The molecule has 1 aromatic rings. The van der Waals surface area contributed by atoms with E-state index in [0.29, 0.717) is 5.92 Å². The van der Waals surface area contributed by atoms with Crippen LogP contribution >= 0.6 is 0 Å². The largest absolute Gasteiger partial charge is 0.348 e. The molecule has 3 nitrogen and oxygen atoms in total. The highest BCUT2D eigenvalue weighted by Crippen LogP contribution is 2.14. The molecule has 2 N–H and O–H groups in total. The van der Waals surface area contributed by atoms with Crippen molar-refractivity contribution in [1.82, 2.24) is 10.6 Å². The molecule has 2 rings (SSSR count). The lowest BCUT2D eigenvalue weighted by atomic mass is 9.94. The molecular formula is C15H22N2O. The molecule has 1 fully saturated rings. The van der Waals surface area contributed by atoms with Crippen molar-refractivity contribution < 1.29 is 4.79 Å². The van der Waals surface area contributed by atoms with E-state index in [4.69, 9.17) is 0 Å². The second kappa shape index (κ2) is 5.53. The summed E-state index contributed by atoms with van der Waals surface area (Å²) in [6.45, 7) is 8.13. The maximum Gasteiger partial charge on any atom is 0.251 e. The fourth-order valence-electron chi connectivity index (χ4n) is 2.41. The summed E-state index contributed by atoms with van der Waals surface area (Å²) in [6.07, 6.45) is 1.12. The van der Waals surface area contributed by atoms with Crippen molar-refractivity contribution in [2.45, 2.75) is 33.2 Å². The van der Waals surface area contributed by atoms with Crippen LogP contribution in [0.3, 0.4) is 0 Å². The Bertz CT molecular complexity index is 442. The van der Waals surface area contributed by atoms with Gasteiger partial charge in [0, 0.05) is 18.2 Å². The molecule has 1 saturated heterocycles. The van der Waals surface area contributed by atoms with Gasteiger partial charge in [0.05, 0.1) is 0 Å². The highest BCUT2D eigenvalue weighted by molar-refractivity contribution is 5.96. The molecule has 0 bridgehead atoms. The third-order valence-corrected chi connectivity index (χ3v) is 3.78. The molecule has 1 amide bonds. The van der Waals surface area contributed by atoms with Gasteiger partial charge in [-0.15, -0.1) is 0 Å². The quantitative estimate of drug-likeness (QED) is 0.838. The summed E-state index contributed by atoms with van der Waals surface area (Å²) in [5.74, 6) is 0.595. The zero-order chi connectivity index (χ0) is 13.1. The lowest BCUT2D eigenvalue weighted by Crippen LogP contribution is -2.50. The topological polar surface area (TPSA) is 41.1 Å². The van der Waals surface area contributed by atoms with Crippen LogP contribution in [0, 0.1) is 19.8 Å². The van der Waals surface area contributed by atoms with Crippen LogP contribution in [0.15, 0.2) is 18.2 Å². The van der Waals surface area contributed by atoms with Crippen LogP contribution < -0.4 is 10.6 Å². The van der Waals surface area contributed by atoms with Crippen molar-refractivity contribution >= 4 is 5.91 Å². The lowest BCUT2D eigenvalue weighted by molar-refractivity contribution is 0.0914. The van der Waals surface area contributed by atoms with Crippen molar-refractivity contribution in [2.24, 2.45) is 5.92 Å². The number of hydrogen-bond acceptors (Lipinski definition) is 2. The van der Waals surface area contributed by atoms with Crippen LogP contribution in [-0.2, 0) is 0 Å². The molecule has 1 aromatic carbocycles. The molecule has 98 valence electrons. The minimum atomic E-state index is 0.0525. The van der Waals surface area contributed by atoms with E-state index in [-0.39, 0.29) is 11.9 Å². The summed E-state index contributed by atoms with van der Waals surface area (Å²) in [5.41, 5.74) is 2.96. The van der Waals surface area contributed by atoms with Gasteiger partial charge in [0.2, 0.25) is 0 Å². The first-order valence-corrected chi connectivity index (χ1v) is 6.67. The van der Waals surface area contributed by atoms with Crippen LogP contribution in [0.5, 0.6) is 0 Å². The monoisotopic (exact) mass is 246 g/mol. The van der Waals surface area contributed by atoms with E-state index in [9.17, 15) is 4.79 Å². The van der Waals surface area contributed by atoms with Crippen LogP contribution in [0.1, 0.15) is 34.8 Å². The molecule has 0 spiro atoms. The first-order chi connectivity index (χ1) is 8.58. The van der Waals surface area contributed by atoms with E-state index in [1.807, 2.05) is 32.0 Å². The highest BCUT2D eigenvalue weighted by Gasteiger charge is 2.23. The van der Waals surface area contributed by atoms with Crippen LogP contribution in [-0.4, -0.2) is 25.0 Å². The standard InChI is InChI=1S/C15H22N2O/c1-10-4-5-11(2)13(8-10)15(18)17-14-9-16-7-6-12(14)3/h4-5,8,12,14,16H,6-7,9H2,1-3H3,(H,17,18)/t12-,14+/m0/s1. The van der Waals surface area contributed by atoms with Gasteiger partial charge in [0.1, 0.15) is 0 Å². The van der Waals surface area contributed by atoms with Crippen molar-refractivity contribution in [3.8, 4) is 0 Å². The second-order valence-corrected chi connectivity index (χ2v) is 5.37. The first-order valence-electron chi connectivity index (χ1n) is 6.67. The third-order valence-electron chi connectivity index (χ3n) is 3.78. The fraction of sp³-hybridized carbons (Fsp3) is 0.533. The summed E-state index contributed by atoms with van der Waals surface area (Å²) >= 11 is 0. The van der Waals surface area contributed by atoms with Gasteiger partial charge in [-0.05, 0) is 44.4 Å². The summed E-state index contributed by atoms with van der Waals surface area (Å²) < 4.78 is 0. The summed E-state index contributed by atoms with van der Waals surface area (Å²) in [4.78, 5) is 12.3. The Kier molecular flexibility index (Phi) is 4.02. The average Bonchev–Trinajstić information content (AvgIpc) is 2.35. The number of carbonyl (C=O) groups excluding carboxylic acids is 1. The number of carbonyl (C=O) groups is 1. The molecule has 0 unspecified atom stereocenters. The Morgan fingerprint density at radius 3 is 2.89 bits per heavy atom. The highest BCUT2D eigenvalue weighted by atomic mass is 16.1. The molecule has 0 radical (unpaired) electrons. The molecule has 2 atom stereocenters. The minimum Gasteiger partial charge on any atom is -0.348 e. The van der Waals surface area contributed by atoms with Gasteiger partial charge >= 0.3 is 0 Å². The zero-order valence-electron chi connectivity index (χ0n) is 11.4. The molecule has 1 aliphatic heterocycles. The van der Waals surface area contributed by atoms with E-state index < -0.39 is 0 Å². The predicted molar refractivity (Wildman–Crippen MR) is 73.8 cm³/mol. The van der Waals surface area contributed by atoms with Crippen molar-refractivity contribution in [3.63, 3.8) is 0 Å². The number of rotatable bonds is 2. The van der Waals surface area contributed by atoms with Crippen LogP contribution in [0.2, 0.25) is 0 Å². The maximum absolute atomic E-state index is 12.3. The van der Waals surface area contributed by atoms with Crippen LogP contribution in [0.4, 0.5) is 0 Å². The smallest absolute Gasteiger partial charge is 0.251 e. The molecule has 18 heavy (non-hydrogen) atoms. The molecule has 1 heterocycles. The van der Waals surface area contributed by atoms with E-state index in [1.165, 1.54) is 0 Å². The van der Waals surface area contributed by atoms with Gasteiger partial charge in [-0.25, -0.2) is 0 Å². The average molecular weight is 246 g/mol. The molecule has 0 aliphatic carbocycles. The zero-order valence-corrected chi connectivity index (χ0v) is 11.4. The van der Waals surface area contributed by atoms with E-state index in [0.717, 1.165) is 36.2 Å². The predicted octanol–water partition coefficient (Wildman–Crippen LogP) is 2.03. The molecule has 0 aromatic heterocycles. The lowest BCUT2D eigenvalue weighted by Gasteiger charge is -2.30. The molecule has 0 saturated carbocycles. The third kappa shape index (κ3) is 2.91. The van der Waals surface area contributed by atoms with E-state index in [1.54, 1.807) is 0 Å². The van der Waals surface area contributed by atoms with Gasteiger partial charge in [-0.2, -0.15) is 0 Å². The minimum absolute atomic E-state index is 0.0525. The van der Waals surface area contributed by atoms with Gasteiger partial charge in [-0.3, -0.25) is 4.79 Å². The Labute approximate surface area is 109 Å². The van der Waals surface area contributed by atoms with Gasteiger partial charge in [-0.1, -0.05) is 24.6 Å². The number of aryl methyl sites for hydroxylation is 2. The number of amides is 1. The summed E-state index contributed by atoms with van der Waals surface area (Å²) in [7, 11) is 0. The summed E-state index contributed by atoms with van der Waals surface area (Å²) in [5, 5.41) is 6.48.